The van der Waals surface area contributed by atoms with Gasteiger partial charge in [0, 0.05) is 18.8 Å². The van der Waals surface area contributed by atoms with E-state index >= 15 is 0 Å². The lowest BCUT2D eigenvalue weighted by Gasteiger charge is -2.34. The number of likely N-dealkylation sites (N-methyl/N-ethyl adjacent to an activating group) is 1. The molecule has 3 aromatic rings. The smallest absolute Gasteiger partial charge is 0.250 e. The summed E-state index contributed by atoms with van der Waals surface area (Å²) < 4.78 is 7.53. The molecule has 1 saturated heterocycles. The molecule has 2 heterocycles. The highest BCUT2D eigenvalue weighted by Crippen LogP contribution is 2.34. The number of ether oxygens (including phenoxy) is 1. The van der Waals surface area contributed by atoms with Crippen LogP contribution in [0.5, 0.6) is 5.75 Å². The third kappa shape index (κ3) is 3.81. The van der Waals surface area contributed by atoms with E-state index < -0.39 is 0 Å². The Morgan fingerprint density at radius 3 is 2.66 bits per heavy atom. The second-order valence-electron chi connectivity index (χ2n) is 7.40. The quantitative estimate of drug-likeness (QED) is 0.616. The summed E-state index contributed by atoms with van der Waals surface area (Å²) in [6.07, 6.45) is 7.38. The lowest BCUT2D eigenvalue weighted by atomic mass is 9.91. The van der Waals surface area contributed by atoms with E-state index in [1.54, 1.807) is 13.4 Å². The number of benzene rings is 2. The van der Waals surface area contributed by atoms with Crippen molar-refractivity contribution in [1.82, 2.24) is 14.5 Å². The summed E-state index contributed by atoms with van der Waals surface area (Å²) in [5.41, 5.74) is 4.84. The molecule has 0 N–H and O–H groups in total. The number of amides is 1. The van der Waals surface area contributed by atoms with Crippen molar-refractivity contribution < 1.29 is 9.53 Å². The fraction of sp³-hybridized carbons (Fsp3) is 0.250. The first kappa shape index (κ1) is 19.0. The van der Waals surface area contributed by atoms with Crippen LogP contribution in [-0.2, 0) is 4.79 Å². The average molecular weight is 387 g/mol. The van der Waals surface area contributed by atoms with Crippen molar-refractivity contribution in [3.63, 3.8) is 0 Å². The number of piperidine rings is 1. The molecule has 0 spiro atoms. The molecule has 29 heavy (non-hydrogen) atoms. The van der Waals surface area contributed by atoms with Crippen molar-refractivity contribution in [3.8, 4) is 11.4 Å². The number of hydrogen-bond acceptors (Lipinski definition) is 3. The maximum absolute atomic E-state index is 13.0. The van der Waals surface area contributed by atoms with E-state index in [1.807, 2.05) is 72.1 Å². The number of aromatic nitrogens is 2. The van der Waals surface area contributed by atoms with Crippen molar-refractivity contribution in [1.29, 1.82) is 0 Å². The van der Waals surface area contributed by atoms with Crippen LogP contribution in [0.1, 0.15) is 35.7 Å². The van der Waals surface area contributed by atoms with Crippen molar-refractivity contribution >= 4 is 12.0 Å². The molecular weight excluding hydrogens is 362 g/mol. The summed E-state index contributed by atoms with van der Waals surface area (Å²) in [6, 6.07) is 16.3. The second-order valence-corrected chi connectivity index (χ2v) is 7.40. The van der Waals surface area contributed by atoms with E-state index in [0.717, 1.165) is 41.1 Å². The van der Waals surface area contributed by atoms with Crippen LogP contribution in [0.25, 0.3) is 11.8 Å². The summed E-state index contributed by atoms with van der Waals surface area (Å²) in [5, 5.41) is 0. The number of imidazole rings is 1. The summed E-state index contributed by atoms with van der Waals surface area (Å²) in [6.45, 7) is 1.95. The number of likely N-dealkylation sites (tertiary alicyclic amines) is 1. The Hall–Kier alpha value is -3.34. The Kier molecular flexibility index (Phi) is 5.21. The largest absolute Gasteiger partial charge is 0.495 e. The van der Waals surface area contributed by atoms with Gasteiger partial charge in [-0.3, -0.25) is 4.79 Å². The van der Waals surface area contributed by atoms with Crippen LogP contribution in [0.15, 0.2) is 66.6 Å². The molecule has 2 aromatic carbocycles. The Labute approximate surface area is 171 Å². The molecule has 1 fully saturated rings. The van der Waals surface area contributed by atoms with Crippen LogP contribution in [0.4, 0.5) is 0 Å². The van der Waals surface area contributed by atoms with Crippen molar-refractivity contribution in [2.24, 2.45) is 0 Å². The second kappa shape index (κ2) is 7.95. The zero-order valence-corrected chi connectivity index (χ0v) is 17.0. The van der Waals surface area contributed by atoms with Gasteiger partial charge >= 0.3 is 0 Å². The first-order valence-corrected chi connectivity index (χ1v) is 9.78. The highest BCUT2D eigenvalue weighted by atomic mass is 16.5. The summed E-state index contributed by atoms with van der Waals surface area (Å²) in [5.74, 6) is 0.828. The molecule has 4 rings (SSSR count). The van der Waals surface area contributed by atoms with E-state index in [4.69, 9.17) is 4.74 Å². The lowest BCUT2D eigenvalue weighted by Crippen LogP contribution is -2.36. The Morgan fingerprint density at radius 2 is 1.97 bits per heavy atom. The van der Waals surface area contributed by atoms with Crippen LogP contribution in [0.2, 0.25) is 0 Å². The predicted molar refractivity (Wildman–Crippen MR) is 114 cm³/mol. The highest BCUT2D eigenvalue weighted by molar-refractivity contribution is 5.98. The molecule has 0 bridgehead atoms. The minimum atomic E-state index is 0.0818. The molecule has 1 aliphatic heterocycles. The molecule has 1 aromatic heterocycles. The van der Waals surface area contributed by atoms with Gasteiger partial charge in [-0.15, -0.1) is 0 Å². The molecule has 1 unspecified atom stereocenters. The van der Waals surface area contributed by atoms with Crippen LogP contribution in [-0.4, -0.2) is 34.5 Å². The van der Waals surface area contributed by atoms with Gasteiger partial charge in [-0.1, -0.05) is 36.4 Å². The van der Waals surface area contributed by atoms with E-state index in [0.29, 0.717) is 0 Å². The minimum absolute atomic E-state index is 0.0818. The van der Waals surface area contributed by atoms with Gasteiger partial charge in [-0.25, -0.2) is 4.98 Å². The van der Waals surface area contributed by atoms with E-state index in [2.05, 4.69) is 17.1 Å². The number of methoxy groups -OCH3 is 1. The number of carbonyl (C=O) groups is 1. The first-order valence-electron chi connectivity index (χ1n) is 9.78. The standard InChI is InChI=1S/C24H25N3O2/c1-17-15-27(16-25-17)22-11-9-18(14-23(22)29-3)13-20-10-12-21(26(2)24(20)28)19-7-5-4-6-8-19/h4-9,11,13-16,21H,10,12H2,1-3H3/b20-13+. The number of aryl methyl sites for hydroxylation is 1. The SMILES string of the molecule is COc1cc(/C=C2\CCC(c3ccccc3)N(C)C2=O)ccc1-n1cnc(C)c1. The molecule has 1 amide bonds. The van der Waals surface area contributed by atoms with Crippen molar-refractivity contribution in [2.75, 3.05) is 14.2 Å². The minimum Gasteiger partial charge on any atom is -0.495 e. The fourth-order valence-corrected chi connectivity index (χ4v) is 3.91. The topological polar surface area (TPSA) is 47.4 Å². The van der Waals surface area contributed by atoms with Crippen molar-refractivity contribution in [2.45, 2.75) is 25.8 Å². The lowest BCUT2D eigenvalue weighted by molar-refractivity contribution is -0.129. The first-order chi connectivity index (χ1) is 14.1. The molecule has 1 atom stereocenters. The maximum Gasteiger partial charge on any atom is 0.250 e. The zero-order chi connectivity index (χ0) is 20.4. The number of carbonyl (C=O) groups excluding carboxylic acids is 1. The zero-order valence-electron chi connectivity index (χ0n) is 17.0. The van der Waals surface area contributed by atoms with E-state index in [9.17, 15) is 4.79 Å². The van der Waals surface area contributed by atoms with Gasteiger partial charge in [0.1, 0.15) is 5.75 Å². The monoisotopic (exact) mass is 387 g/mol. The summed E-state index contributed by atoms with van der Waals surface area (Å²) in [7, 11) is 3.54. The Morgan fingerprint density at radius 1 is 1.17 bits per heavy atom. The van der Waals surface area contributed by atoms with Gasteiger partial charge in [0.2, 0.25) is 5.91 Å². The highest BCUT2D eigenvalue weighted by Gasteiger charge is 2.29. The molecule has 0 radical (unpaired) electrons. The van der Waals surface area contributed by atoms with Crippen LogP contribution >= 0.6 is 0 Å². The van der Waals surface area contributed by atoms with Crippen molar-refractivity contribution in [3.05, 3.63) is 83.4 Å². The van der Waals surface area contributed by atoms with E-state index in [1.165, 1.54) is 5.56 Å². The van der Waals surface area contributed by atoms with Gasteiger partial charge in [0.05, 0.1) is 30.9 Å². The molecule has 1 aliphatic rings. The number of nitrogens with zero attached hydrogens (tertiary/aromatic N) is 3. The Bertz CT molecular complexity index is 1050. The predicted octanol–water partition coefficient (Wildman–Crippen LogP) is 4.57. The van der Waals surface area contributed by atoms with Gasteiger partial charge in [-0.2, -0.15) is 0 Å². The van der Waals surface area contributed by atoms with E-state index in [-0.39, 0.29) is 11.9 Å². The molecular formula is C24H25N3O2. The third-order valence-electron chi connectivity index (χ3n) is 5.47. The average Bonchev–Trinajstić information content (AvgIpc) is 3.18. The van der Waals surface area contributed by atoms with Gasteiger partial charge in [-0.05, 0) is 49.1 Å². The summed E-state index contributed by atoms with van der Waals surface area (Å²) >= 11 is 0. The molecule has 0 aliphatic carbocycles. The Balaban J connectivity index is 1.59. The molecule has 5 heteroatoms. The van der Waals surface area contributed by atoms with Gasteiger partial charge in [0.25, 0.3) is 0 Å². The number of rotatable bonds is 4. The fourth-order valence-electron chi connectivity index (χ4n) is 3.91. The van der Waals surface area contributed by atoms with Crippen LogP contribution in [0, 0.1) is 6.92 Å². The molecule has 5 nitrogen and oxygen atoms in total. The summed E-state index contributed by atoms with van der Waals surface area (Å²) in [4.78, 5) is 19.1. The normalized spacial score (nSPS) is 18.3. The van der Waals surface area contributed by atoms with Gasteiger partial charge in [0.15, 0.2) is 0 Å². The molecule has 148 valence electrons. The number of hydrogen-bond donors (Lipinski definition) is 0. The van der Waals surface area contributed by atoms with Crippen LogP contribution < -0.4 is 4.74 Å². The maximum atomic E-state index is 13.0. The third-order valence-corrected chi connectivity index (χ3v) is 5.47. The molecule has 0 saturated carbocycles. The van der Waals surface area contributed by atoms with Crippen LogP contribution in [0.3, 0.4) is 0 Å². The van der Waals surface area contributed by atoms with Gasteiger partial charge < -0.3 is 14.2 Å².